The van der Waals surface area contributed by atoms with E-state index in [2.05, 4.69) is 5.32 Å². The molecule has 2 radical (unpaired) electrons. The van der Waals surface area contributed by atoms with Gasteiger partial charge in [0, 0.05) is 19.3 Å². The molecule has 0 spiro atoms. The normalized spacial score (nSPS) is 17.7. The van der Waals surface area contributed by atoms with Gasteiger partial charge in [-0.3, -0.25) is 0 Å². The Labute approximate surface area is 66.8 Å². The van der Waals surface area contributed by atoms with Crippen LogP contribution in [0.2, 0.25) is 0 Å². The van der Waals surface area contributed by atoms with E-state index in [0.717, 1.165) is 0 Å². The van der Waals surface area contributed by atoms with Gasteiger partial charge in [-0.05, 0) is 0 Å². The van der Waals surface area contributed by atoms with E-state index in [1.807, 2.05) is 0 Å². The first-order valence-electron chi connectivity index (χ1n) is 3.32. The monoisotopic (exact) mass is 174 g/mol. The third kappa shape index (κ3) is 2.49. The van der Waals surface area contributed by atoms with Crippen molar-refractivity contribution in [1.29, 1.82) is 0 Å². The molecule has 5 nitrogen and oxygen atoms in total. The van der Waals surface area contributed by atoms with Gasteiger partial charge in [-0.25, -0.2) is 4.79 Å². The Bertz CT molecular complexity index is 153. The second-order valence-electron chi connectivity index (χ2n) is 2.23. The molecule has 1 aliphatic heterocycles. The lowest BCUT2D eigenvalue weighted by Gasteiger charge is -2.13. The van der Waals surface area contributed by atoms with Gasteiger partial charge >= 0.3 is 6.03 Å². The van der Waals surface area contributed by atoms with Crippen LogP contribution in [0, 0.1) is 0 Å². The van der Waals surface area contributed by atoms with Gasteiger partial charge in [0.05, 0.1) is 0 Å². The Balaban J connectivity index is 2.20. The largest absolute Gasteiger partial charge is 0.372 e. The number of urea groups is 1. The van der Waals surface area contributed by atoms with E-state index < -0.39 is 5.91 Å². The molecule has 3 N–H and O–H groups in total. The number of amides is 2. The molecule has 0 aromatic rings. The highest BCUT2D eigenvalue weighted by atomic mass is 28.2. The summed E-state index contributed by atoms with van der Waals surface area (Å²) < 4.78 is 0. The lowest BCUT2D eigenvalue weighted by Crippen LogP contribution is -2.35. The lowest BCUT2D eigenvalue weighted by molar-refractivity contribution is 0.0282. The molecule has 1 heterocycles. The molecule has 0 saturated carbocycles. The summed E-state index contributed by atoms with van der Waals surface area (Å²) in [6.07, 6.45) is 0.434. The molecule has 1 saturated heterocycles. The summed E-state index contributed by atoms with van der Waals surface area (Å²) in [6.45, 7) is 1.32. The van der Waals surface area contributed by atoms with Crippen molar-refractivity contribution in [3.8, 4) is 0 Å². The predicted octanol–water partition coefficient (Wildman–Crippen LogP) is -2.06. The fraction of sp³-hybridized carbons (Fsp3) is 0.800. The Hall–Kier alpha value is -0.593. The van der Waals surface area contributed by atoms with Gasteiger partial charge in [0.2, 0.25) is 0 Å². The van der Waals surface area contributed by atoms with Crippen molar-refractivity contribution in [3.63, 3.8) is 0 Å². The van der Waals surface area contributed by atoms with Crippen LogP contribution in [0.15, 0.2) is 0 Å². The number of hydrogen-bond donors (Lipinski definition) is 3. The van der Waals surface area contributed by atoms with Gasteiger partial charge in [-0.1, -0.05) is 0 Å². The zero-order valence-corrected chi connectivity index (χ0v) is 6.95. The molecule has 0 atom stereocenters. The number of carbonyl (C=O) groups excluding carboxylic acids is 1. The van der Waals surface area contributed by atoms with Gasteiger partial charge in [-0.2, -0.15) is 0 Å². The Morgan fingerprint density at radius 2 is 2.45 bits per heavy atom. The molecule has 0 aromatic carbocycles. The molecular formula is C5H10N2O3Si. The van der Waals surface area contributed by atoms with Crippen LogP contribution in [0.3, 0.4) is 0 Å². The van der Waals surface area contributed by atoms with Crippen molar-refractivity contribution in [2.75, 3.05) is 19.3 Å². The number of hydrogen-bond acceptors (Lipinski definition) is 3. The minimum absolute atomic E-state index is 0.0152. The molecule has 62 valence electrons. The molecule has 2 amide bonds. The average molecular weight is 174 g/mol. The second kappa shape index (κ2) is 3.70. The van der Waals surface area contributed by atoms with Crippen molar-refractivity contribution in [2.24, 2.45) is 0 Å². The molecule has 11 heavy (non-hydrogen) atoms. The van der Waals surface area contributed by atoms with Gasteiger partial charge < -0.3 is 20.4 Å². The summed E-state index contributed by atoms with van der Waals surface area (Å²) in [5.41, 5.74) is 0. The second-order valence-corrected chi connectivity index (χ2v) is 3.47. The summed E-state index contributed by atoms with van der Waals surface area (Å²) in [5.74, 6) is -1.29. The third-order valence-electron chi connectivity index (χ3n) is 1.41. The van der Waals surface area contributed by atoms with Crippen LogP contribution < -0.4 is 5.32 Å². The van der Waals surface area contributed by atoms with Crippen LogP contribution in [0.1, 0.15) is 0 Å². The number of carbonyl (C=O) groups is 1. The molecule has 6 heteroatoms. The van der Waals surface area contributed by atoms with Crippen LogP contribution in [-0.2, 0) is 0 Å². The first-order chi connectivity index (χ1) is 5.20. The van der Waals surface area contributed by atoms with E-state index in [1.54, 1.807) is 4.90 Å². The molecule has 1 aliphatic rings. The Morgan fingerprint density at radius 3 is 2.91 bits per heavy atom. The fourth-order valence-electron chi connectivity index (χ4n) is 0.854. The van der Waals surface area contributed by atoms with Gasteiger partial charge in [-0.15, -0.1) is 0 Å². The number of aliphatic hydroxyl groups excluding tert-OH is 1. The van der Waals surface area contributed by atoms with E-state index in [1.165, 1.54) is 0 Å². The van der Waals surface area contributed by atoms with Crippen molar-refractivity contribution in [1.82, 2.24) is 10.2 Å². The smallest absolute Gasteiger partial charge is 0.317 e. The molecule has 0 aromatic heterocycles. The predicted molar refractivity (Wildman–Crippen MR) is 39.0 cm³/mol. The molecule has 0 aliphatic carbocycles. The summed E-state index contributed by atoms with van der Waals surface area (Å²) in [5, 5.41) is 19.6. The first-order valence-corrected chi connectivity index (χ1v) is 4.61. The zero-order chi connectivity index (χ0) is 8.27. The van der Waals surface area contributed by atoms with Crippen LogP contribution >= 0.6 is 0 Å². The summed E-state index contributed by atoms with van der Waals surface area (Å²) in [7, 11) is -0.0152. The summed E-state index contributed by atoms with van der Waals surface area (Å²) in [6, 6.07) is -0.113. The van der Waals surface area contributed by atoms with Crippen LogP contribution in [0.5, 0.6) is 0 Å². The maximum Gasteiger partial charge on any atom is 0.317 e. The number of nitrogens with one attached hydrogen (secondary N) is 1. The van der Waals surface area contributed by atoms with Crippen LogP contribution in [0.25, 0.3) is 0 Å². The topological polar surface area (TPSA) is 72.8 Å². The number of aliphatic hydroxyl groups is 2. The molecule has 0 unspecified atom stereocenters. The molecule has 1 rings (SSSR count). The third-order valence-corrected chi connectivity index (χ3v) is 2.34. The Kier molecular flexibility index (Phi) is 2.86. The molecule has 1 fully saturated rings. The van der Waals surface area contributed by atoms with Crippen molar-refractivity contribution < 1.29 is 15.0 Å². The van der Waals surface area contributed by atoms with E-state index in [9.17, 15) is 4.79 Å². The van der Waals surface area contributed by atoms with Crippen LogP contribution in [-0.4, -0.2) is 55.8 Å². The standard InChI is InChI=1S/C5H10N2O3Si/c8-4-6-1-2-7(4)3-11-5(9)10/h5,9-10H,1-3H2,(H,6,8). The van der Waals surface area contributed by atoms with Gasteiger partial charge in [0.15, 0.2) is 0 Å². The number of rotatable bonds is 3. The van der Waals surface area contributed by atoms with Crippen LogP contribution in [0.4, 0.5) is 4.79 Å². The summed E-state index contributed by atoms with van der Waals surface area (Å²) >= 11 is 0. The molecule has 0 bridgehead atoms. The maximum absolute atomic E-state index is 10.8. The average Bonchev–Trinajstić information content (AvgIpc) is 2.31. The van der Waals surface area contributed by atoms with Gasteiger partial charge in [0.25, 0.3) is 0 Å². The Morgan fingerprint density at radius 1 is 1.73 bits per heavy atom. The fourth-order valence-corrected chi connectivity index (χ4v) is 1.54. The zero-order valence-electron chi connectivity index (χ0n) is 5.95. The number of nitrogens with zero attached hydrogens (tertiary/aromatic N) is 1. The highest BCUT2D eigenvalue weighted by molar-refractivity contribution is 6.36. The maximum atomic E-state index is 10.8. The van der Waals surface area contributed by atoms with Crippen molar-refractivity contribution >= 4 is 15.6 Å². The highest BCUT2D eigenvalue weighted by Crippen LogP contribution is 1.94. The van der Waals surface area contributed by atoms with Gasteiger partial charge in [0.1, 0.15) is 15.4 Å². The lowest BCUT2D eigenvalue weighted by atomic mass is 10.7. The van der Waals surface area contributed by atoms with E-state index >= 15 is 0 Å². The minimum atomic E-state index is -1.29. The summed E-state index contributed by atoms with van der Waals surface area (Å²) in [4.78, 5) is 12.4. The van der Waals surface area contributed by atoms with Crippen molar-refractivity contribution in [2.45, 2.75) is 5.91 Å². The van der Waals surface area contributed by atoms with E-state index in [0.29, 0.717) is 19.3 Å². The van der Waals surface area contributed by atoms with Crippen molar-refractivity contribution in [3.05, 3.63) is 0 Å². The highest BCUT2D eigenvalue weighted by Gasteiger charge is 2.19. The quantitative estimate of drug-likeness (QED) is 0.340. The molecular weight excluding hydrogens is 164 g/mol. The first kappa shape index (κ1) is 8.50. The van der Waals surface area contributed by atoms with E-state index in [4.69, 9.17) is 10.2 Å². The van der Waals surface area contributed by atoms with E-state index in [-0.39, 0.29) is 15.6 Å². The SMILES string of the molecule is O=C1NCCN1C[Si]C(O)O. The minimum Gasteiger partial charge on any atom is -0.372 e.